The lowest BCUT2D eigenvalue weighted by Gasteiger charge is -2.25. The normalized spacial score (nSPS) is 14.1. The summed E-state index contributed by atoms with van der Waals surface area (Å²) in [5.74, 6) is 0.704. The van der Waals surface area contributed by atoms with Crippen LogP contribution in [-0.4, -0.2) is 51.6 Å². The molecule has 0 spiro atoms. The van der Waals surface area contributed by atoms with E-state index in [2.05, 4.69) is 20.8 Å². The number of hydrogen-bond donors (Lipinski definition) is 1. The zero-order valence-corrected chi connectivity index (χ0v) is 12.7. The SMILES string of the molecule is CNC(C)(CCCCSc1nnnn1C)C(=O)OC. The molecule has 0 aliphatic heterocycles. The molecule has 1 aromatic rings. The van der Waals surface area contributed by atoms with Crippen molar-refractivity contribution in [3.05, 3.63) is 0 Å². The molecule has 0 saturated heterocycles. The van der Waals surface area contributed by atoms with Gasteiger partial charge in [0.05, 0.1) is 7.11 Å². The summed E-state index contributed by atoms with van der Waals surface area (Å²) in [6.07, 6.45) is 2.67. The van der Waals surface area contributed by atoms with Crippen LogP contribution in [0.25, 0.3) is 0 Å². The van der Waals surface area contributed by atoms with Crippen molar-refractivity contribution in [2.45, 2.75) is 36.9 Å². The van der Waals surface area contributed by atoms with Gasteiger partial charge in [-0.3, -0.25) is 4.79 Å². The number of rotatable bonds is 8. The number of hydrogen-bond acceptors (Lipinski definition) is 7. The van der Waals surface area contributed by atoms with E-state index in [-0.39, 0.29) is 5.97 Å². The summed E-state index contributed by atoms with van der Waals surface area (Å²) in [5, 5.41) is 15.1. The maximum absolute atomic E-state index is 11.6. The fourth-order valence-corrected chi connectivity index (χ4v) is 2.49. The molecule has 8 heteroatoms. The number of ether oxygens (including phenoxy) is 1. The summed E-state index contributed by atoms with van der Waals surface area (Å²) < 4.78 is 6.45. The fraction of sp³-hybridized carbons (Fsp3) is 0.818. The molecule has 1 heterocycles. The van der Waals surface area contributed by atoms with E-state index in [4.69, 9.17) is 4.74 Å². The number of aryl methyl sites for hydroxylation is 1. The number of carbonyl (C=O) groups is 1. The Morgan fingerprint density at radius 2 is 2.26 bits per heavy atom. The van der Waals surface area contributed by atoms with E-state index in [1.165, 1.54) is 7.11 Å². The van der Waals surface area contributed by atoms with Gasteiger partial charge < -0.3 is 10.1 Å². The number of thioether (sulfide) groups is 1. The molecule has 7 nitrogen and oxygen atoms in total. The average molecular weight is 287 g/mol. The lowest BCUT2D eigenvalue weighted by Crippen LogP contribution is -2.48. The largest absolute Gasteiger partial charge is 0.468 e. The molecule has 0 aliphatic carbocycles. The average Bonchev–Trinajstić information content (AvgIpc) is 2.82. The van der Waals surface area contributed by atoms with Crippen molar-refractivity contribution in [1.82, 2.24) is 25.5 Å². The van der Waals surface area contributed by atoms with E-state index in [1.54, 1.807) is 23.5 Å². The predicted octanol–water partition coefficient (Wildman–Crippen LogP) is 0.624. The molecular weight excluding hydrogens is 266 g/mol. The first-order chi connectivity index (χ1) is 9.03. The molecule has 0 saturated carbocycles. The summed E-state index contributed by atoms with van der Waals surface area (Å²) in [6, 6.07) is 0. The monoisotopic (exact) mass is 287 g/mol. The summed E-state index contributed by atoms with van der Waals surface area (Å²) in [5.41, 5.74) is -0.605. The summed E-state index contributed by atoms with van der Waals surface area (Å²) >= 11 is 1.62. The molecule has 19 heavy (non-hydrogen) atoms. The quantitative estimate of drug-likeness (QED) is 0.426. The standard InChI is InChI=1S/C11H21N5O2S/c1-11(12-2,9(17)18-4)7-5-6-8-19-10-13-14-15-16(10)3/h12H,5-8H2,1-4H3. The van der Waals surface area contributed by atoms with Crippen molar-refractivity contribution in [1.29, 1.82) is 0 Å². The van der Waals surface area contributed by atoms with Gasteiger partial charge in [0, 0.05) is 12.8 Å². The van der Waals surface area contributed by atoms with E-state index >= 15 is 0 Å². The van der Waals surface area contributed by atoms with Gasteiger partial charge in [-0.25, -0.2) is 4.68 Å². The molecule has 0 aliphatic rings. The Kier molecular flexibility index (Phi) is 6.23. The maximum atomic E-state index is 11.6. The molecule has 1 aromatic heterocycles. The highest BCUT2D eigenvalue weighted by atomic mass is 32.2. The number of nitrogens with one attached hydrogen (secondary N) is 1. The van der Waals surface area contributed by atoms with Gasteiger partial charge in [0.15, 0.2) is 0 Å². The third-order valence-electron chi connectivity index (χ3n) is 3.07. The van der Waals surface area contributed by atoms with Crippen LogP contribution in [0.2, 0.25) is 0 Å². The maximum Gasteiger partial charge on any atom is 0.325 e. The molecule has 0 aromatic carbocycles. The Labute approximate surface area is 117 Å². The van der Waals surface area contributed by atoms with Gasteiger partial charge in [-0.05, 0) is 37.2 Å². The van der Waals surface area contributed by atoms with Crippen LogP contribution in [0.3, 0.4) is 0 Å². The molecule has 1 N–H and O–H groups in total. The van der Waals surface area contributed by atoms with Crippen molar-refractivity contribution in [3.63, 3.8) is 0 Å². The van der Waals surface area contributed by atoms with Crippen molar-refractivity contribution in [2.75, 3.05) is 19.9 Å². The number of unbranched alkanes of at least 4 members (excludes halogenated alkanes) is 1. The minimum absolute atomic E-state index is 0.222. The van der Waals surface area contributed by atoms with Crippen molar-refractivity contribution >= 4 is 17.7 Å². The molecule has 1 unspecified atom stereocenters. The number of methoxy groups -OCH3 is 1. The highest BCUT2D eigenvalue weighted by molar-refractivity contribution is 7.99. The van der Waals surface area contributed by atoms with Crippen LogP contribution in [0.4, 0.5) is 0 Å². The predicted molar refractivity (Wildman–Crippen MR) is 72.9 cm³/mol. The van der Waals surface area contributed by atoms with Crippen LogP contribution in [0.5, 0.6) is 0 Å². The Balaban J connectivity index is 2.26. The van der Waals surface area contributed by atoms with Gasteiger partial charge in [-0.2, -0.15) is 0 Å². The summed E-state index contributed by atoms with van der Waals surface area (Å²) in [4.78, 5) is 11.6. The molecule has 1 rings (SSSR count). The van der Waals surface area contributed by atoms with E-state index in [1.807, 2.05) is 14.0 Å². The van der Waals surface area contributed by atoms with Gasteiger partial charge in [0.2, 0.25) is 5.16 Å². The van der Waals surface area contributed by atoms with Crippen LogP contribution in [0.15, 0.2) is 5.16 Å². The van der Waals surface area contributed by atoms with E-state index in [0.717, 1.165) is 30.2 Å². The Morgan fingerprint density at radius 1 is 1.53 bits per heavy atom. The first-order valence-electron chi connectivity index (χ1n) is 6.16. The second kappa shape index (κ2) is 7.44. The number of carbonyl (C=O) groups excluding carboxylic acids is 1. The molecular formula is C11H21N5O2S. The second-order valence-corrected chi connectivity index (χ2v) is 5.53. The molecule has 0 amide bonds. The van der Waals surface area contributed by atoms with Crippen molar-refractivity contribution in [2.24, 2.45) is 7.05 Å². The van der Waals surface area contributed by atoms with Crippen LogP contribution < -0.4 is 5.32 Å². The lowest BCUT2D eigenvalue weighted by atomic mass is 9.95. The number of esters is 1. The first-order valence-corrected chi connectivity index (χ1v) is 7.14. The third-order valence-corrected chi connectivity index (χ3v) is 4.17. The molecule has 0 radical (unpaired) electrons. The highest BCUT2D eigenvalue weighted by Gasteiger charge is 2.31. The lowest BCUT2D eigenvalue weighted by molar-refractivity contribution is -0.148. The summed E-state index contributed by atoms with van der Waals surface area (Å²) in [7, 11) is 5.00. The van der Waals surface area contributed by atoms with Crippen LogP contribution >= 0.6 is 11.8 Å². The topological polar surface area (TPSA) is 81.9 Å². The minimum Gasteiger partial charge on any atom is -0.468 e. The zero-order chi connectivity index (χ0) is 14.3. The Morgan fingerprint density at radius 3 is 2.79 bits per heavy atom. The molecule has 0 bridgehead atoms. The van der Waals surface area contributed by atoms with Gasteiger partial charge in [0.25, 0.3) is 0 Å². The summed E-state index contributed by atoms with van der Waals surface area (Å²) in [6.45, 7) is 1.86. The van der Waals surface area contributed by atoms with Crippen molar-refractivity contribution in [3.8, 4) is 0 Å². The number of nitrogens with zero attached hydrogens (tertiary/aromatic N) is 4. The van der Waals surface area contributed by atoms with Crippen LogP contribution in [-0.2, 0) is 16.6 Å². The second-order valence-electron chi connectivity index (χ2n) is 4.46. The Bertz CT molecular complexity index is 412. The first kappa shape index (κ1) is 15.9. The van der Waals surface area contributed by atoms with E-state index in [0.29, 0.717) is 0 Å². The fourth-order valence-electron chi connectivity index (χ4n) is 1.64. The zero-order valence-electron chi connectivity index (χ0n) is 11.8. The highest BCUT2D eigenvalue weighted by Crippen LogP contribution is 2.19. The van der Waals surface area contributed by atoms with Crippen LogP contribution in [0, 0.1) is 0 Å². The third kappa shape index (κ3) is 4.46. The number of tetrazole rings is 1. The Hall–Kier alpha value is -1.15. The van der Waals surface area contributed by atoms with E-state index < -0.39 is 5.54 Å². The number of aromatic nitrogens is 4. The minimum atomic E-state index is -0.605. The smallest absolute Gasteiger partial charge is 0.325 e. The van der Waals surface area contributed by atoms with Gasteiger partial charge in [-0.15, -0.1) is 5.10 Å². The molecule has 0 fully saturated rings. The van der Waals surface area contributed by atoms with Crippen molar-refractivity contribution < 1.29 is 9.53 Å². The molecule has 1 atom stereocenters. The van der Waals surface area contributed by atoms with Gasteiger partial charge >= 0.3 is 5.97 Å². The van der Waals surface area contributed by atoms with Gasteiger partial charge in [0.1, 0.15) is 5.54 Å². The van der Waals surface area contributed by atoms with E-state index in [9.17, 15) is 4.79 Å². The molecule has 108 valence electrons. The van der Waals surface area contributed by atoms with Gasteiger partial charge in [-0.1, -0.05) is 18.2 Å². The van der Waals surface area contributed by atoms with Crippen LogP contribution in [0.1, 0.15) is 26.2 Å². The number of likely N-dealkylation sites (N-methyl/N-ethyl adjacent to an activating group) is 1.